The van der Waals surface area contributed by atoms with Gasteiger partial charge in [-0.1, -0.05) is 24.3 Å². The molecule has 1 nitrogen and oxygen atoms in total. The summed E-state index contributed by atoms with van der Waals surface area (Å²) in [5.41, 5.74) is 3.99. The molecule has 1 heteroatoms. The van der Waals surface area contributed by atoms with Gasteiger partial charge in [0.1, 0.15) is 0 Å². The van der Waals surface area contributed by atoms with Gasteiger partial charge < -0.3 is 4.90 Å². The lowest BCUT2D eigenvalue weighted by Gasteiger charge is -2.19. The van der Waals surface area contributed by atoms with Gasteiger partial charge in [-0.3, -0.25) is 0 Å². The number of allylic oxidation sites excluding steroid dienone is 1. The van der Waals surface area contributed by atoms with Gasteiger partial charge in [0.15, 0.2) is 0 Å². The van der Waals surface area contributed by atoms with E-state index in [4.69, 9.17) is 0 Å². The SMILES string of the molecule is C=CCc1cccc(C)c1N(C)C. The highest BCUT2D eigenvalue weighted by Crippen LogP contribution is 2.23. The number of rotatable bonds is 3. The summed E-state index contributed by atoms with van der Waals surface area (Å²) >= 11 is 0. The highest BCUT2D eigenvalue weighted by molar-refractivity contribution is 5.58. The van der Waals surface area contributed by atoms with Gasteiger partial charge in [-0.05, 0) is 24.5 Å². The van der Waals surface area contributed by atoms with Gasteiger partial charge in [-0.2, -0.15) is 0 Å². The maximum Gasteiger partial charge on any atom is 0.0426 e. The first-order chi connectivity index (χ1) is 6.16. The van der Waals surface area contributed by atoms with Crippen LogP contribution in [0.3, 0.4) is 0 Å². The minimum absolute atomic E-state index is 0.940. The monoisotopic (exact) mass is 175 g/mol. The molecule has 1 aromatic rings. The van der Waals surface area contributed by atoms with E-state index in [2.05, 4.69) is 50.7 Å². The lowest BCUT2D eigenvalue weighted by molar-refractivity contribution is 1.08. The minimum atomic E-state index is 0.940. The summed E-state index contributed by atoms with van der Waals surface area (Å²) in [5, 5.41) is 0. The normalized spacial score (nSPS) is 9.77. The third-order valence-electron chi connectivity index (χ3n) is 2.13. The zero-order chi connectivity index (χ0) is 9.84. The molecule has 0 saturated carbocycles. The quantitative estimate of drug-likeness (QED) is 0.638. The Morgan fingerprint density at radius 1 is 1.38 bits per heavy atom. The van der Waals surface area contributed by atoms with Gasteiger partial charge in [0.2, 0.25) is 0 Å². The second kappa shape index (κ2) is 4.13. The van der Waals surface area contributed by atoms with Crippen molar-refractivity contribution < 1.29 is 0 Å². The van der Waals surface area contributed by atoms with Crippen LogP contribution < -0.4 is 4.90 Å². The Bertz CT molecular complexity index is 300. The fraction of sp³-hybridized carbons (Fsp3) is 0.333. The zero-order valence-corrected chi connectivity index (χ0v) is 8.67. The van der Waals surface area contributed by atoms with Gasteiger partial charge in [0.25, 0.3) is 0 Å². The van der Waals surface area contributed by atoms with Crippen molar-refractivity contribution in [1.82, 2.24) is 0 Å². The first kappa shape index (κ1) is 9.85. The largest absolute Gasteiger partial charge is 0.377 e. The number of hydrogen-bond donors (Lipinski definition) is 0. The Morgan fingerprint density at radius 2 is 2.08 bits per heavy atom. The van der Waals surface area contributed by atoms with E-state index in [1.165, 1.54) is 16.8 Å². The predicted octanol–water partition coefficient (Wildman–Crippen LogP) is 2.79. The molecule has 0 heterocycles. The van der Waals surface area contributed by atoms with Gasteiger partial charge in [0.05, 0.1) is 0 Å². The van der Waals surface area contributed by atoms with Crippen LogP contribution in [0.2, 0.25) is 0 Å². The highest BCUT2D eigenvalue weighted by atomic mass is 15.1. The van der Waals surface area contributed by atoms with E-state index >= 15 is 0 Å². The number of benzene rings is 1. The second-order valence-electron chi connectivity index (χ2n) is 3.47. The molecule has 13 heavy (non-hydrogen) atoms. The third-order valence-corrected chi connectivity index (χ3v) is 2.13. The Kier molecular flexibility index (Phi) is 3.13. The minimum Gasteiger partial charge on any atom is -0.377 e. The smallest absolute Gasteiger partial charge is 0.0426 e. The van der Waals surface area contributed by atoms with Crippen LogP contribution in [0, 0.1) is 6.92 Å². The molecule has 1 rings (SSSR count). The van der Waals surface area contributed by atoms with Crippen LogP contribution in [0.4, 0.5) is 5.69 Å². The van der Waals surface area contributed by atoms with Crippen molar-refractivity contribution in [1.29, 1.82) is 0 Å². The molecule has 0 aromatic heterocycles. The van der Waals surface area contributed by atoms with Crippen molar-refractivity contribution in [3.8, 4) is 0 Å². The van der Waals surface area contributed by atoms with E-state index in [0.717, 1.165) is 6.42 Å². The molecule has 0 unspecified atom stereocenters. The molecular formula is C12H17N. The van der Waals surface area contributed by atoms with Crippen molar-refractivity contribution in [3.05, 3.63) is 42.0 Å². The Labute approximate surface area is 80.7 Å². The van der Waals surface area contributed by atoms with Crippen LogP contribution in [-0.2, 0) is 6.42 Å². The van der Waals surface area contributed by atoms with E-state index in [9.17, 15) is 0 Å². The van der Waals surface area contributed by atoms with E-state index in [1.54, 1.807) is 0 Å². The summed E-state index contributed by atoms with van der Waals surface area (Å²) in [7, 11) is 4.16. The number of aryl methyl sites for hydroxylation is 1. The number of hydrogen-bond acceptors (Lipinski definition) is 1. The fourth-order valence-corrected chi connectivity index (χ4v) is 1.68. The number of anilines is 1. The summed E-state index contributed by atoms with van der Waals surface area (Å²) in [6.07, 6.45) is 2.89. The summed E-state index contributed by atoms with van der Waals surface area (Å²) in [6, 6.07) is 6.40. The standard InChI is InChI=1S/C12H17N/c1-5-7-11-9-6-8-10(2)12(11)13(3)4/h5-6,8-9H,1,7H2,2-4H3. The lowest BCUT2D eigenvalue weighted by atomic mass is 10.0. The first-order valence-corrected chi connectivity index (χ1v) is 4.53. The topological polar surface area (TPSA) is 3.24 Å². The van der Waals surface area contributed by atoms with Crippen molar-refractivity contribution in [3.63, 3.8) is 0 Å². The number of nitrogens with zero attached hydrogens (tertiary/aromatic N) is 1. The predicted molar refractivity (Wildman–Crippen MR) is 59.4 cm³/mol. The Hall–Kier alpha value is -1.24. The van der Waals surface area contributed by atoms with Crippen LogP contribution in [0.1, 0.15) is 11.1 Å². The molecule has 0 aliphatic rings. The van der Waals surface area contributed by atoms with Crippen LogP contribution in [0.15, 0.2) is 30.9 Å². The molecule has 0 saturated heterocycles. The van der Waals surface area contributed by atoms with Gasteiger partial charge >= 0.3 is 0 Å². The van der Waals surface area contributed by atoms with Crippen LogP contribution >= 0.6 is 0 Å². The molecule has 0 bridgehead atoms. The van der Waals surface area contributed by atoms with E-state index in [1.807, 2.05) is 6.08 Å². The van der Waals surface area contributed by atoms with Crippen LogP contribution in [0.5, 0.6) is 0 Å². The van der Waals surface area contributed by atoms with E-state index in [0.29, 0.717) is 0 Å². The molecule has 70 valence electrons. The van der Waals surface area contributed by atoms with Crippen molar-refractivity contribution in [2.24, 2.45) is 0 Å². The van der Waals surface area contributed by atoms with Gasteiger partial charge in [0, 0.05) is 19.8 Å². The molecule has 0 radical (unpaired) electrons. The molecule has 0 aliphatic carbocycles. The van der Waals surface area contributed by atoms with Crippen LogP contribution in [0.25, 0.3) is 0 Å². The zero-order valence-electron chi connectivity index (χ0n) is 8.67. The fourth-order valence-electron chi connectivity index (χ4n) is 1.68. The third kappa shape index (κ3) is 2.11. The van der Waals surface area contributed by atoms with E-state index < -0.39 is 0 Å². The Morgan fingerprint density at radius 3 is 2.62 bits per heavy atom. The molecule has 1 aromatic carbocycles. The second-order valence-corrected chi connectivity index (χ2v) is 3.47. The summed E-state index contributed by atoms with van der Waals surface area (Å²) in [6.45, 7) is 5.91. The van der Waals surface area contributed by atoms with Crippen molar-refractivity contribution >= 4 is 5.69 Å². The summed E-state index contributed by atoms with van der Waals surface area (Å²) in [5.74, 6) is 0. The summed E-state index contributed by atoms with van der Waals surface area (Å²) in [4.78, 5) is 2.16. The average molecular weight is 175 g/mol. The molecular weight excluding hydrogens is 158 g/mol. The molecule has 0 fully saturated rings. The summed E-state index contributed by atoms with van der Waals surface area (Å²) < 4.78 is 0. The Balaban J connectivity index is 3.17. The number of para-hydroxylation sites is 1. The maximum atomic E-state index is 3.77. The molecule has 0 amide bonds. The first-order valence-electron chi connectivity index (χ1n) is 4.53. The molecule has 0 aliphatic heterocycles. The highest BCUT2D eigenvalue weighted by Gasteiger charge is 2.05. The maximum absolute atomic E-state index is 3.77. The molecule has 0 atom stereocenters. The van der Waals surface area contributed by atoms with Gasteiger partial charge in [-0.15, -0.1) is 6.58 Å². The van der Waals surface area contributed by atoms with Crippen molar-refractivity contribution in [2.75, 3.05) is 19.0 Å². The van der Waals surface area contributed by atoms with Crippen molar-refractivity contribution in [2.45, 2.75) is 13.3 Å². The van der Waals surface area contributed by atoms with E-state index in [-0.39, 0.29) is 0 Å². The molecule has 0 spiro atoms. The van der Waals surface area contributed by atoms with Gasteiger partial charge in [-0.25, -0.2) is 0 Å². The van der Waals surface area contributed by atoms with Crippen LogP contribution in [-0.4, -0.2) is 14.1 Å². The average Bonchev–Trinajstić information content (AvgIpc) is 2.04. The lowest BCUT2D eigenvalue weighted by Crippen LogP contribution is -2.12. The molecule has 0 N–H and O–H groups in total.